The van der Waals surface area contributed by atoms with Gasteiger partial charge in [0.2, 0.25) is 0 Å². The van der Waals surface area contributed by atoms with Crippen LogP contribution in [0.5, 0.6) is 0 Å². The SMILES string of the molecule is CCC1=CC[C@@](C)(C=O)C=C1. The van der Waals surface area contributed by atoms with Crippen LogP contribution in [0.3, 0.4) is 0 Å². The third-order valence-electron chi connectivity index (χ3n) is 2.16. The lowest BCUT2D eigenvalue weighted by Gasteiger charge is -2.20. The fourth-order valence-corrected chi connectivity index (χ4v) is 1.13. The summed E-state index contributed by atoms with van der Waals surface area (Å²) in [7, 11) is 0. The van der Waals surface area contributed by atoms with Gasteiger partial charge in [0.15, 0.2) is 0 Å². The van der Waals surface area contributed by atoms with Crippen molar-refractivity contribution in [1.29, 1.82) is 0 Å². The van der Waals surface area contributed by atoms with E-state index in [-0.39, 0.29) is 5.41 Å². The van der Waals surface area contributed by atoms with E-state index in [9.17, 15) is 4.79 Å². The van der Waals surface area contributed by atoms with Crippen LogP contribution in [0.2, 0.25) is 0 Å². The highest BCUT2D eigenvalue weighted by Crippen LogP contribution is 2.27. The first-order valence-electron chi connectivity index (χ1n) is 4.05. The van der Waals surface area contributed by atoms with Crippen molar-refractivity contribution in [2.45, 2.75) is 26.7 Å². The molecular formula is C10H14O. The van der Waals surface area contributed by atoms with E-state index in [1.165, 1.54) is 5.57 Å². The highest BCUT2D eigenvalue weighted by molar-refractivity contribution is 5.63. The molecule has 0 bridgehead atoms. The summed E-state index contributed by atoms with van der Waals surface area (Å²) >= 11 is 0. The maximum atomic E-state index is 10.6. The van der Waals surface area contributed by atoms with Crippen molar-refractivity contribution in [1.82, 2.24) is 0 Å². The maximum Gasteiger partial charge on any atom is 0.129 e. The normalized spacial score (nSPS) is 29.8. The van der Waals surface area contributed by atoms with Gasteiger partial charge in [-0.1, -0.05) is 30.7 Å². The molecule has 0 spiro atoms. The van der Waals surface area contributed by atoms with E-state index >= 15 is 0 Å². The molecule has 0 amide bonds. The Labute approximate surface area is 67.8 Å². The Kier molecular flexibility index (Phi) is 2.28. The Morgan fingerprint density at radius 1 is 1.73 bits per heavy atom. The summed E-state index contributed by atoms with van der Waals surface area (Å²) in [6, 6.07) is 0. The zero-order valence-electron chi connectivity index (χ0n) is 7.13. The summed E-state index contributed by atoms with van der Waals surface area (Å²) in [5.41, 5.74) is 1.10. The second kappa shape index (κ2) is 3.04. The van der Waals surface area contributed by atoms with Gasteiger partial charge < -0.3 is 4.79 Å². The number of allylic oxidation sites excluding steroid dienone is 4. The molecule has 0 saturated carbocycles. The molecule has 0 radical (unpaired) electrons. The Morgan fingerprint density at radius 3 is 2.82 bits per heavy atom. The molecular weight excluding hydrogens is 136 g/mol. The minimum atomic E-state index is -0.237. The van der Waals surface area contributed by atoms with Crippen LogP contribution in [0, 0.1) is 5.41 Å². The molecule has 0 heterocycles. The van der Waals surface area contributed by atoms with Crippen molar-refractivity contribution < 1.29 is 4.79 Å². The van der Waals surface area contributed by atoms with Crippen LogP contribution in [-0.4, -0.2) is 6.29 Å². The number of carbonyl (C=O) groups excluding carboxylic acids is 1. The van der Waals surface area contributed by atoms with Crippen LogP contribution in [0.15, 0.2) is 23.8 Å². The Hall–Kier alpha value is -0.850. The molecule has 1 aliphatic carbocycles. The van der Waals surface area contributed by atoms with E-state index in [1.54, 1.807) is 0 Å². The summed E-state index contributed by atoms with van der Waals surface area (Å²) < 4.78 is 0. The van der Waals surface area contributed by atoms with Crippen LogP contribution in [-0.2, 0) is 4.79 Å². The van der Waals surface area contributed by atoms with E-state index in [4.69, 9.17) is 0 Å². The van der Waals surface area contributed by atoms with Gasteiger partial charge >= 0.3 is 0 Å². The molecule has 0 saturated heterocycles. The van der Waals surface area contributed by atoms with Gasteiger partial charge in [-0.05, 0) is 19.8 Å². The largest absolute Gasteiger partial charge is 0.302 e. The molecule has 0 fully saturated rings. The van der Waals surface area contributed by atoms with Gasteiger partial charge in [0.25, 0.3) is 0 Å². The lowest BCUT2D eigenvalue weighted by Crippen LogP contribution is -2.15. The third kappa shape index (κ3) is 1.79. The van der Waals surface area contributed by atoms with Gasteiger partial charge in [-0.25, -0.2) is 0 Å². The molecule has 1 heteroatoms. The maximum absolute atomic E-state index is 10.6. The van der Waals surface area contributed by atoms with Crippen molar-refractivity contribution in [2.75, 3.05) is 0 Å². The van der Waals surface area contributed by atoms with Crippen LogP contribution < -0.4 is 0 Å². The fourth-order valence-electron chi connectivity index (χ4n) is 1.13. The fraction of sp³-hybridized carbons (Fsp3) is 0.500. The Morgan fingerprint density at radius 2 is 2.45 bits per heavy atom. The quantitative estimate of drug-likeness (QED) is 0.553. The molecule has 1 rings (SSSR count). The zero-order chi connectivity index (χ0) is 8.32. The highest BCUT2D eigenvalue weighted by Gasteiger charge is 2.20. The van der Waals surface area contributed by atoms with Gasteiger partial charge in [-0.15, -0.1) is 0 Å². The van der Waals surface area contributed by atoms with Gasteiger partial charge in [0.1, 0.15) is 6.29 Å². The first kappa shape index (κ1) is 8.25. The molecule has 0 aromatic rings. The van der Waals surface area contributed by atoms with Crippen LogP contribution in [0.25, 0.3) is 0 Å². The van der Waals surface area contributed by atoms with Gasteiger partial charge in [-0.3, -0.25) is 0 Å². The summed E-state index contributed by atoms with van der Waals surface area (Å²) in [5.74, 6) is 0. The van der Waals surface area contributed by atoms with Gasteiger partial charge in [0, 0.05) is 5.41 Å². The molecule has 0 aromatic carbocycles. The van der Waals surface area contributed by atoms with E-state index < -0.39 is 0 Å². The minimum Gasteiger partial charge on any atom is -0.302 e. The number of aldehydes is 1. The van der Waals surface area contributed by atoms with Crippen molar-refractivity contribution in [3.63, 3.8) is 0 Å². The Balaban J connectivity index is 2.70. The summed E-state index contributed by atoms with van der Waals surface area (Å²) in [5, 5.41) is 0. The van der Waals surface area contributed by atoms with Crippen molar-refractivity contribution >= 4 is 6.29 Å². The smallest absolute Gasteiger partial charge is 0.129 e. The van der Waals surface area contributed by atoms with Crippen molar-refractivity contribution in [3.05, 3.63) is 23.8 Å². The molecule has 0 aromatic heterocycles. The summed E-state index contributed by atoms with van der Waals surface area (Å²) in [6.45, 7) is 4.08. The molecule has 0 aliphatic heterocycles. The molecule has 60 valence electrons. The topological polar surface area (TPSA) is 17.1 Å². The van der Waals surface area contributed by atoms with E-state index in [0.717, 1.165) is 19.1 Å². The number of carbonyl (C=O) groups is 1. The monoisotopic (exact) mass is 150 g/mol. The van der Waals surface area contributed by atoms with Gasteiger partial charge in [-0.2, -0.15) is 0 Å². The lowest BCUT2D eigenvalue weighted by atomic mass is 9.83. The lowest BCUT2D eigenvalue weighted by molar-refractivity contribution is -0.113. The molecule has 1 nitrogen and oxygen atoms in total. The summed E-state index contributed by atoms with van der Waals surface area (Å²) in [4.78, 5) is 10.6. The van der Waals surface area contributed by atoms with Gasteiger partial charge in [0.05, 0.1) is 0 Å². The molecule has 0 unspecified atom stereocenters. The van der Waals surface area contributed by atoms with Crippen LogP contribution in [0.1, 0.15) is 26.7 Å². The summed E-state index contributed by atoms with van der Waals surface area (Å²) in [6.07, 6.45) is 9.14. The number of hydrogen-bond acceptors (Lipinski definition) is 1. The average Bonchev–Trinajstić information content (AvgIpc) is 2.06. The Bertz CT molecular complexity index is 213. The second-order valence-corrected chi connectivity index (χ2v) is 3.29. The second-order valence-electron chi connectivity index (χ2n) is 3.29. The number of rotatable bonds is 2. The molecule has 0 N–H and O–H groups in total. The zero-order valence-corrected chi connectivity index (χ0v) is 7.13. The van der Waals surface area contributed by atoms with E-state index in [2.05, 4.69) is 19.1 Å². The molecule has 1 atom stereocenters. The van der Waals surface area contributed by atoms with E-state index in [1.807, 2.05) is 13.0 Å². The van der Waals surface area contributed by atoms with Crippen molar-refractivity contribution in [2.24, 2.45) is 5.41 Å². The highest BCUT2D eigenvalue weighted by atomic mass is 16.1. The van der Waals surface area contributed by atoms with Crippen LogP contribution in [0.4, 0.5) is 0 Å². The van der Waals surface area contributed by atoms with Crippen molar-refractivity contribution in [3.8, 4) is 0 Å². The number of hydrogen-bond donors (Lipinski definition) is 0. The van der Waals surface area contributed by atoms with Crippen LogP contribution >= 0.6 is 0 Å². The molecule has 11 heavy (non-hydrogen) atoms. The standard InChI is InChI=1S/C10H14O/c1-3-9-4-6-10(2,8-11)7-5-9/h4-6,8H,3,7H2,1-2H3/t10-/m0/s1. The predicted molar refractivity (Wildman–Crippen MR) is 46.3 cm³/mol. The first-order valence-corrected chi connectivity index (χ1v) is 4.05. The van der Waals surface area contributed by atoms with E-state index in [0.29, 0.717) is 0 Å². The average molecular weight is 150 g/mol. The first-order chi connectivity index (χ1) is 5.20. The predicted octanol–water partition coefficient (Wildman–Crippen LogP) is 2.49. The minimum absolute atomic E-state index is 0.237. The third-order valence-corrected chi connectivity index (χ3v) is 2.16. The molecule has 1 aliphatic rings.